The Labute approximate surface area is 107 Å². The maximum absolute atomic E-state index is 11.0. The molecular weight excluding hydrogens is 234 g/mol. The molecular formula is C13H19NO4. The minimum absolute atomic E-state index is 0.161. The van der Waals surface area contributed by atoms with Gasteiger partial charge in [0.25, 0.3) is 0 Å². The number of hydrogen-bond acceptors (Lipinski definition) is 4. The molecule has 0 saturated carbocycles. The molecule has 1 N–H and O–H groups in total. The third-order valence-electron chi connectivity index (χ3n) is 2.34. The van der Waals surface area contributed by atoms with Gasteiger partial charge >= 0.3 is 5.97 Å². The molecule has 0 bridgehead atoms. The average molecular weight is 253 g/mol. The summed E-state index contributed by atoms with van der Waals surface area (Å²) >= 11 is 0. The monoisotopic (exact) mass is 253 g/mol. The van der Waals surface area contributed by atoms with Gasteiger partial charge in [-0.2, -0.15) is 0 Å². The van der Waals surface area contributed by atoms with Crippen LogP contribution in [-0.2, 0) is 11.2 Å². The minimum atomic E-state index is -0.977. The van der Waals surface area contributed by atoms with Crippen LogP contribution in [0.4, 0.5) is 0 Å². The smallest absolute Gasteiger partial charge is 0.335 e. The second-order valence-electron chi connectivity index (χ2n) is 3.93. The van der Waals surface area contributed by atoms with Gasteiger partial charge in [0.2, 0.25) is 5.88 Å². The van der Waals surface area contributed by atoms with Crippen molar-refractivity contribution in [1.29, 1.82) is 0 Å². The van der Waals surface area contributed by atoms with Crippen molar-refractivity contribution in [3.05, 3.63) is 23.4 Å². The summed E-state index contributed by atoms with van der Waals surface area (Å²) in [5.74, 6) is -0.645. The highest BCUT2D eigenvalue weighted by atomic mass is 16.5. The van der Waals surface area contributed by atoms with E-state index in [1.807, 2.05) is 20.8 Å². The molecule has 1 atom stereocenters. The fraction of sp³-hybridized carbons (Fsp3) is 0.538. The number of aromatic carboxylic acids is 1. The summed E-state index contributed by atoms with van der Waals surface area (Å²) < 4.78 is 10.8. The Bertz CT molecular complexity index is 406. The van der Waals surface area contributed by atoms with E-state index < -0.39 is 5.97 Å². The number of carboxylic acid groups (broad SMARTS) is 1. The van der Waals surface area contributed by atoms with E-state index in [4.69, 9.17) is 14.6 Å². The zero-order valence-corrected chi connectivity index (χ0v) is 11.0. The molecule has 0 aliphatic rings. The molecule has 1 unspecified atom stereocenters. The molecule has 100 valence electrons. The molecule has 0 aliphatic heterocycles. The standard InChI is InChI=1S/C13H19NO4/c1-4-11-6-10(13(15)16)7-12(14-11)18-9(3)8-17-5-2/h6-7,9H,4-5,8H2,1-3H3,(H,15,16). The molecule has 0 radical (unpaired) electrons. The van der Waals surface area contributed by atoms with Crippen molar-refractivity contribution in [2.45, 2.75) is 33.3 Å². The largest absolute Gasteiger partial charge is 0.478 e. The zero-order valence-electron chi connectivity index (χ0n) is 11.0. The number of carbonyl (C=O) groups is 1. The average Bonchev–Trinajstić information content (AvgIpc) is 2.35. The second kappa shape index (κ2) is 6.96. The highest BCUT2D eigenvalue weighted by Crippen LogP contribution is 2.15. The van der Waals surface area contributed by atoms with E-state index in [0.717, 1.165) is 0 Å². The number of pyridine rings is 1. The Morgan fingerprint density at radius 3 is 2.72 bits per heavy atom. The first-order valence-electron chi connectivity index (χ1n) is 6.05. The van der Waals surface area contributed by atoms with Crippen LogP contribution in [0.3, 0.4) is 0 Å². The third kappa shape index (κ3) is 4.33. The topological polar surface area (TPSA) is 68.7 Å². The van der Waals surface area contributed by atoms with Gasteiger partial charge in [0, 0.05) is 18.4 Å². The van der Waals surface area contributed by atoms with Gasteiger partial charge in [0.05, 0.1) is 12.2 Å². The molecule has 1 aromatic heterocycles. The maximum atomic E-state index is 11.0. The number of ether oxygens (including phenoxy) is 2. The number of hydrogen-bond donors (Lipinski definition) is 1. The molecule has 0 aromatic carbocycles. The Kier molecular flexibility index (Phi) is 5.58. The fourth-order valence-corrected chi connectivity index (χ4v) is 1.45. The van der Waals surface area contributed by atoms with E-state index in [-0.39, 0.29) is 11.7 Å². The van der Waals surface area contributed by atoms with Gasteiger partial charge in [-0.05, 0) is 26.3 Å². The SMILES string of the molecule is CCOCC(C)Oc1cc(C(=O)O)cc(CC)n1. The summed E-state index contributed by atoms with van der Waals surface area (Å²) in [5.41, 5.74) is 0.897. The number of aryl methyl sites for hydroxylation is 1. The lowest BCUT2D eigenvalue weighted by Crippen LogP contribution is -2.20. The highest BCUT2D eigenvalue weighted by molar-refractivity contribution is 5.88. The summed E-state index contributed by atoms with van der Waals surface area (Å²) in [5, 5.41) is 9.00. The molecule has 5 nitrogen and oxygen atoms in total. The first kappa shape index (κ1) is 14.4. The Morgan fingerprint density at radius 2 is 2.17 bits per heavy atom. The Balaban J connectivity index is 2.81. The van der Waals surface area contributed by atoms with Crippen LogP contribution in [0.2, 0.25) is 0 Å². The first-order chi connectivity index (χ1) is 8.56. The van der Waals surface area contributed by atoms with E-state index in [9.17, 15) is 4.79 Å². The van der Waals surface area contributed by atoms with Crippen molar-refractivity contribution in [2.75, 3.05) is 13.2 Å². The van der Waals surface area contributed by atoms with E-state index in [0.29, 0.717) is 31.2 Å². The van der Waals surface area contributed by atoms with Crippen molar-refractivity contribution in [3.63, 3.8) is 0 Å². The van der Waals surface area contributed by atoms with Crippen molar-refractivity contribution in [1.82, 2.24) is 4.98 Å². The van der Waals surface area contributed by atoms with Crippen LogP contribution in [0.25, 0.3) is 0 Å². The maximum Gasteiger partial charge on any atom is 0.335 e. The van der Waals surface area contributed by atoms with Gasteiger partial charge in [-0.25, -0.2) is 9.78 Å². The van der Waals surface area contributed by atoms with Crippen LogP contribution < -0.4 is 4.74 Å². The summed E-state index contributed by atoms with van der Waals surface area (Å²) in [7, 11) is 0. The Hall–Kier alpha value is -1.62. The van der Waals surface area contributed by atoms with Gasteiger partial charge in [-0.3, -0.25) is 0 Å². The lowest BCUT2D eigenvalue weighted by molar-refractivity contribution is 0.0626. The molecule has 18 heavy (non-hydrogen) atoms. The van der Waals surface area contributed by atoms with Crippen LogP contribution in [0.15, 0.2) is 12.1 Å². The highest BCUT2D eigenvalue weighted by Gasteiger charge is 2.11. The fourth-order valence-electron chi connectivity index (χ4n) is 1.45. The van der Waals surface area contributed by atoms with Crippen LogP contribution in [-0.4, -0.2) is 35.4 Å². The van der Waals surface area contributed by atoms with Gasteiger partial charge in [-0.15, -0.1) is 0 Å². The lowest BCUT2D eigenvalue weighted by atomic mass is 10.2. The van der Waals surface area contributed by atoms with E-state index in [1.165, 1.54) is 6.07 Å². The van der Waals surface area contributed by atoms with Crippen molar-refractivity contribution in [2.24, 2.45) is 0 Å². The molecule has 0 amide bonds. The van der Waals surface area contributed by atoms with Crippen molar-refractivity contribution >= 4 is 5.97 Å². The summed E-state index contributed by atoms with van der Waals surface area (Å²) in [4.78, 5) is 15.2. The zero-order chi connectivity index (χ0) is 13.5. The number of carboxylic acids is 1. The van der Waals surface area contributed by atoms with Crippen LogP contribution in [0.5, 0.6) is 5.88 Å². The quantitative estimate of drug-likeness (QED) is 0.806. The molecule has 0 fully saturated rings. The predicted molar refractivity (Wildman–Crippen MR) is 67.2 cm³/mol. The minimum Gasteiger partial charge on any atom is -0.478 e. The van der Waals surface area contributed by atoms with Crippen molar-refractivity contribution < 1.29 is 19.4 Å². The number of aromatic nitrogens is 1. The van der Waals surface area contributed by atoms with Gasteiger partial charge in [0.15, 0.2) is 0 Å². The van der Waals surface area contributed by atoms with Crippen LogP contribution in [0, 0.1) is 0 Å². The molecule has 1 aromatic rings. The first-order valence-corrected chi connectivity index (χ1v) is 6.05. The van der Waals surface area contributed by atoms with Crippen molar-refractivity contribution in [3.8, 4) is 5.88 Å². The van der Waals surface area contributed by atoms with Gasteiger partial charge < -0.3 is 14.6 Å². The molecule has 0 aliphatic carbocycles. The summed E-state index contributed by atoms with van der Waals surface area (Å²) in [6.45, 7) is 6.76. The van der Waals surface area contributed by atoms with E-state index in [1.54, 1.807) is 6.07 Å². The second-order valence-corrected chi connectivity index (χ2v) is 3.93. The Morgan fingerprint density at radius 1 is 1.44 bits per heavy atom. The summed E-state index contributed by atoms with van der Waals surface area (Å²) in [6.07, 6.45) is 0.503. The molecule has 0 spiro atoms. The number of nitrogens with zero attached hydrogens (tertiary/aromatic N) is 1. The number of rotatable bonds is 7. The molecule has 1 heterocycles. The summed E-state index contributed by atoms with van der Waals surface area (Å²) in [6, 6.07) is 2.99. The van der Waals surface area contributed by atoms with E-state index in [2.05, 4.69) is 4.98 Å². The van der Waals surface area contributed by atoms with Gasteiger partial charge in [-0.1, -0.05) is 6.92 Å². The molecule has 5 heteroatoms. The van der Waals surface area contributed by atoms with Gasteiger partial charge in [0.1, 0.15) is 6.10 Å². The van der Waals surface area contributed by atoms with Crippen LogP contribution >= 0.6 is 0 Å². The van der Waals surface area contributed by atoms with E-state index >= 15 is 0 Å². The third-order valence-corrected chi connectivity index (χ3v) is 2.34. The predicted octanol–water partition coefficient (Wildman–Crippen LogP) is 2.15. The molecule has 0 saturated heterocycles. The lowest BCUT2D eigenvalue weighted by Gasteiger charge is -2.14. The normalized spacial score (nSPS) is 12.2. The molecule has 1 rings (SSSR count). The van der Waals surface area contributed by atoms with Crippen LogP contribution in [0.1, 0.15) is 36.8 Å².